The van der Waals surface area contributed by atoms with Crippen LogP contribution in [0.3, 0.4) is 0 Å². The van der Waals surface area contributed by atoms with Gasteiger partial charge in [-0.1, -0.05) is 26.3 Å². The summed E-state index contributed by atoms with van der Waals surface area (Å²) in [5.41, 5.74) is -0.390. The zero-order chi connectivity index (χ0) is 14.7. The summed E-state index contributed by atoms with van der Waals surface area (Å²) in [6, 6.07) is 0. The Morgan fingerprint density at radius 1 is 1.42 bits per heavy atom. The van der Waals surface area contributed by atoms with Gasteiger partial charge in [0.2, 0.25) is 5.91 Å². The van der Waals surface area contributed by atoms with Gasteiger partial charge in [-0.15, -0.1) is 6.58 Å². The van der Waals surface area contributed by atoms with Crippen LogP contribution in [-0.4, -0.2) is 11.4 Å². The zero-order valence-electron chi connectivity index (χ0n) is 13.4. The maximum absolute atomic E-state index is 12.7. The van der Waals surface area contributed by atoms with Crippen LogP contribution in [-0.2, 0) is 4.79 Å². The monoisotopic (exact) mass is 265 g/mol. The van der Waals surface area contributed by atoms with Crippen molar-refractivity contribution in [1.82, 2.24) is 5.32 Å². The minimum Gasteiger partial charge on any atom is -0.351 e. The van der Waals surface area contributed by atoms with E-state index in [-0.39, 0.29) is 16.9 Å². The lowest BCUT2D eigenvalue weighted by molar-refractivity contribution is -0.138. The molecular formula is C17H31NO. The summed E-state index contributed by atoms with van der Waals surface area (Å²) in [4.78, 5) is 12.7. The molecule has 0 aromatic heterocycles. The van der Waals surface area contributed by atoms with E-state index in [1.807, 2.05) is 6.08 Å². The number of hydrogen-bond donors (Lipinski definition) is 1. The van der Waals surface area contributed by atoms with Crippen LogP contribution < -0.4 is 5.32 Å². The molecule has 3 atom stereocenters. The molecule has 0 aromatic rings. The summed E-state index contributed by atoms with van der Waals surface area (Å²) in [5.74, 6) is 1.23. The van der Waals surface area contributed by atoms with E-state index in [4.69, 9.17) is 0 Å². The number of rotatable bonds is 4. The summed E-state index contributed by atoms with van der Waals surface area (Å²) >= 11 is 0. The fourth-order valence-corrected chi connectivity index (χ4v) is 3.32. The standard InChI is InChI=1S/C17H31NO/c1-7-9-14-11-10-13(8-2)12-17(14,6)15(19)18-16(3,4)5/h8,13-14H,2,7,9-12H2,1,3-6H3,(H,18,19)/t13-,14?,17?/m1/s1. The van der Waals surface area contributed by atoms with Gasteiger partial charge in [0, 0.05) is 11.0 Å². The molecule has 2 nitrogen and oxygen atoms in total. The molecular weight excluding hydrogens is 234 g/mol. The Kier molecular flexibility index (Phi) is 5.23. The average Bonchev–Trinajstić information content (AvgIpc) is 2.30. The molecule has 1 amide bonds. The molecule has 0 radical (unpaired) electrons. The van der Waals surface area contributed by atoms with E-state index in [0.717, 1.165) is 25.7 Å². The zero-order valence-corrected chi connectivity index (χ0v) is 13.4. The van der Waals surface area contributed by atoms with Crippen molar-refractivity contribution in [2.24, 2.45) is 17.3 Å². The molecule has 1 aliphatic carbocycles. The van der Waals surface area contributed by atoms with Crippen LogP contribution in [0.15, 0.2) is 12.7 Å². The number of amides is 1. The van der Waals surface area contributed by atoms with E-state index >= 15 is 0 Å². The summed E-state index contributed by atoms with van der Waals surface area (Å²) in [5, 5.41) is 3.19. The first-order valence-electron chi connectivity index (χ1n) is 7.68. The molecule has 0 aromatic carbocycles. The second-order valence-corrected chi connectivity index (χ2v) is 7.38. The van der Waals surface area contributed by atoms with E-state index in [1.165, 1.54) is 6.42 Å². The van der Waals surface area contributed by atoms with Gasteiger partial charge in [0.25, 0.3) is 0 Å². The normalized spacial score (nSPS) is 31.8. The Labute approximate surface area is 119 Å². The van der Waals surface area contributed by atoms with Crippen LogP contribution in [0.4, 0.5) is 0 Å². The first-order chi connectivity index (χ1) is 8.73. The highest BCUT2D eigenvalue weighted by atomic mass is 16.2. The van der Waals surface area contributed by atoms with E-state index < -0.39 is 0 Å². The average molecular weight is 265 g/mol. The van der Waals surface area contributed by atoms with Crippen molar-refractivity contribution in [1.29, 1.82) is 0 Å². The lowest BCUT2D eigenvalue weighted by Gasteiger charge is -2.44. The van der Waals surface area contributed by atoms with E-state index in [1.54, 1.807) is 0 Å². The third-order valence-corrected chi connectivity index (χ3v) is 4.45. The lowest BCUT2D eigenvalue weighted by atomic mass is 9.62. The summed E-state index contributed by atoms with van der Waals surface area (Å²) < 4.78 is 0. The number of nitrogens with one attached hydrogen (secondary N) is 1. The van der Waals surface area contributed by atoms with Crippen LogP contribution >= 0.6 is 0 Å². The third-order valence-electron chi connectivity index (χ3n) is 4.45. The minimum atomic E-state index is -0.236. The van der Waals surface area contributed by atoms with Gasteiger partial charge in [0.05, 0.1) is 0 Å². The first-order valence-corrected chi connectivity index (χ1v) is 7.68. The quantitative estimate of drug-likeness (QED) is 0.754. The smallest absolute Gasteiger partial charge is 0.226 e. The molecule has 0 bridgehead atoms. The molecule has 2 heteroatoms. The number of carbonyl (C=O) groups excluding carboxylic acids is 1. The Balaban J connectivity index is 2.91. The van der Waals surface area contributed by atoms with Crippen LogP contribution in [0, 0.1) is 17.3 Å². The third kappa shape index (κ3) is 4.09. The maximum Gasteiger partial charge on any atom is 0.226 e. The van der Waals surface area contributed by atoms with Gasteiger partial charge < -0.3 is 5.32 Å². The fraction of sp³-hybridized carbons (Fsp3) is 0.824. The van der Waals surface area contributed by atoms with Crippen molar-refractivity contribution in [3.8, 4) is 0 Å². The summed E-state index contributed by atoms with van der Waals surface area (Å²) in [7, 11) is 0. The number of carbonyl (C=O) groups is 1. The highest BCUT2D eigenvalue weighted by molar-refractivity contribution is 5.83. The fourth-order valence-electron chi connectivity index (χ4n) is 3.32. The summed E-state index contributed by atoms with van der Waals surface area (Å²) in [6.45, 7) is 14.4. The molecule has 1 N–H and O–H groups in total. The van der Waals surface area contributed by atoms with Crippen molar-refractivity contribution >= 4 is 5.91 Å². The minimum absolute atomic E-state index is 0.155. The largest absolute Gasteiger partial charge is 0.351 e. The molecule has 0 aliphatic heterocycles. The Morgan fingerprint density at radius 2 is 2.05 bits per heavy atom. The van der Waals surface area contributed by atoms with Crippen molar-refractivity contribution in [3.05, 3.63) is 12.7 Å². The van der Waals surface area contributed by atoms with Gasteiger partial charge in [-0.2, -0.15) is 0 Å². The van der Waals surface area contributed by atoms with Crippen molar-refractivity contribution in [3.63, 3.8) is 0 Å². The second kappa shape index (κ2) is 6.11. The Bertz CT molecular complexity index is 329. The van der Waals surface area contributed by atoms with Crippen molar-refractivity contribution < 1.29 is 4.79 Å². The molecule has 19 heavy (non-hydrogen) atoms. The predicted molar refractivity (Wildman–Crippen MR) is 81.9 cm³/mol. The van der Waals surface area contributed by atoms with Gasteiger partial charge in [0.15, 0.2) is 0 Å². The molecule has 1 rings (SSSR count). The Morgan fingerprint density at radius 3 is 2.53 bits per heavy atom. The molecule has 1 aliphatic rings. The number of hydrogen-bond acceptors (Lipinski definition) is 1. The maximum atomic E-state index is 12.7. The Hall–Kier alpha value is -0.790. The highest BCUT2D eigenvalue weighted by Gasteiger charge is 2.45. The van der Waals surface area contributed by atoms with Gasteiger partial charge in [0.1, 0.15) is 0 Å². The predicted octanol–water partition coefficient (Wildman–Crippen LogP) is 4.31. The van der Waals surface area contributed by atoms with E-state index in [0.29, 0.717) is 11.8 Å². The van der Waals surface area contributed by atoms with Gasteiger partial charge >= 0.3 is 0 Å². The van der Waals surface area contributed by atoms with Crippen molar-refractivity contribution in [2.75, 3.05) is 0 Å². The molecule has 2 unspecified atom stereocenters. The van der Waals surface area contributed by atoms with Crippen LogP contribution in [0.2, 0.25) is 0 Å². The van der Waals surface area contributed by atoms with E-state index in [9.17, 15) is 4.79 Å². The molecule has 1 fully saturated rings. The van der Waals surface area contributed by atoms with Crippen LogP contribution in [0.1, 0.15) is 66.7 Å². The molecule has 0 spiro atoms. The lowest BCUT2D eigenvalue weighted by Crippen LogP contribution is -2.52. The topological polar surface area (TPSA) is 29.1 Å². The van der Waals surface area contributed by atoms with E-state index in [2.05, 4.69) is 46.5 Å². The molecule has 1 saturated carbocycles. The molecule has 110 valence electrons. The second-order valence-electron chi connectivity index (χ2n) is 7.38. The summed E-state index contributed by atoms with van der Waals surface area (Å²) in [6.07, 6.45) is 7.62. The van der Waals surface area contributed by atoms with Gasteiger partial charge in [-0.25, -0.2) is 0 Å². The first kappa shape index (κ1) is 16.3. The van der Waals surface area contributed by atoms with Crippen LogP contribution in [0.5, 0.6) is 0 Å². The van der Waals surface area contributed by atoms with Crippen molar-refractivity contribution in [2.45, 2.75) is 72.3 Å². The van der Waals surface area contributed by atoms with Gasteiger partial charge in [-0.05, 0) is 58.3 Å². The molecule has 0 heterocycles. The number of allylic oxidation sites excluding steroid dienone is 1. The molecule has 0 saturated heterocycles. The highest BCUT2D eigenvalue weighted by Crippen LogP contribution is 2.46. The van der Waals surface area contributed by atoms with Gasteiger partial charge in [-0.3, -0.25) is 4.79 Å². The SMILES string of the molecule is C=C[C@@H]1CCC(CCC)C(C)(C(=O)NC(C)(C)C)C1. The van der Waals surface area contributed by atoms with Crippen LogP contribution in [0.25, 0.3) is 0 Å².